The second-order valence-corrected chi connectivity index (χ2v) is 8.82. The first kappa shape index (κ1) is 21.6. The highest BCUT2D eigenvalue weighted by Gasteiger charge is 2.30. The first-order chi connectivity index (χ1) is 13.9. The Balaban J connectivity index is 1.67. The van der Waals surface area contributed by atoms with Crippen molar-refractivity contribution in [1.82, 2.24) is 15.2 Å². The highest BCUT2D eigenvalue weighted by molar-refractivity contribution is 5.85. The number of benzene rings is 1. The van der Waals surface area contributed by atoms with Gasteiger partial charge in [-0.25, -0.2) is 0 Å². The minimum absolute atomic E-state index is 0.100. The van der Waals surface area contributed by atoms with E-state index in [2.05, 4.69) is 54.2 Å². The van der Waals surface area contributed by atoms with Gasteiger partial charge >= 0.3 is 0 Å². The van der Waals surface area contributed by atoms with Crippen molar-refractivity contribution >= 4 is 16.8 Å². The van der Waals surface area contributed by atoms with Crippen LogP contribution in [0.15, 0.2) is 30.5 Å². The van der Waals surface area contributed by atoms with Crippen LogP contribution in [-0.2, 0) is 11.2 Å². The fourth-order valence-electron chi connectivity index (χ4n) is 4.11. The summed E-state index contributed by atoms with van der Waals surface area (Å²) in [7, 11) is 0. The molecule has 0 saturated carbocycles. The zero-order valence-electron chi connectivity index (χ0n) is 18.3. The Morgan fingerprint density at radius 3 is 2.93 bits per heavy atom. The number of carbonyl (C=O) groups is 1. The molecule has 29 heavy (non-hydrogen) atoms. The summed E-state index contributed by atoms with van der Waals surface area (Å²) in [4.78, 5) is 18.7. The van der Waals surface area contributed by atoms with E-state index >= 15 is 0 Å². The summed E-state index contributed by atoms with van der Waals surface area (Å²) in [6, 6.07) is 8.52. The maximum Gasteiger partial charge on any atom is 0.220 e. The Morgan fingerprint density at radius 2 is 2.17 bits per heavy atom. The number of pyridine rings is 1. The number of aromatic nitrogens is 1. The van der Waals surface area contributed by atoms with Gasteiger partial charge in [-0.05, 0) is 56.9 Å². The highest BCUT2D eigenvalue weighted by Crippen LogP contribution is 2.29. The molecular weight excluding hydrogens is 362 g/mol. The van der Waals surface area contributed by atoms with E-state index in [1.807, 2.05) is 19.2 Å². The normalized spacial score (nSPS) is 17.6. The maximum absolute atomic E-state index is 11.8. The summed E-state index contributed by atoms with van der Waals surface area (Å²) >= 11 is 0. The Labute approximate surface area is 174 Å². The standard InChI is InChI=1S/C24H35N3O2/c1-5-7-9-18-14-19-10-8-12-25-23(19)21(15-18)29-20-11-13-27(16-20)17-24(3,4)26-22(28)6-2/h8,10,12,14-15,20H,5-7,9,11,13,16-17H2,1-4H3,(H,26,28)/t20-/m1/s1. The second kappa shape index (κ2) is 9.57. The molecule has 5 heteroatoms. The molecule has 0 spiro atoms. The lowest BCUT2D eigenvalue weighted by Gasteiger charge is -2.31. The lowest BCUT2D eigenvalue weighted by atomic mass is 10.0. The molecule has 1 aliphatic heterocycles. The van der Waals surface area contributed by atoms with Gasteiger partial charge in [0.1, 0.15) is 17.4 Å². The average molecular weight is 398 g/mol. The molecule has 3 rings (SSSR count). The largest absolute Gasteiger partial charge is 0.487 e. The fraction of sp³-hybridized carbons (Fsp3) is 0.583. The number of fused-ring (bicyclic) bond motifs is 1. The number of hydrogen-bond acceptors (Lipinski definition) is 4. The van der Waals surface area contributed by atoms with Gasteiger partial charge in [0.05, 0.1) is 0 Å². The van der Waals surface area contributed by atoms with Gasteiger partial charge in [-0.1, -0.05) is 26.3 Å². The van der Waals surface area contributed by atoms with Crippen LogP contribution in [0.2, 0.25) is 0 Å². The lowest BCUT2D eigenvalue weighted by molar-refractivity contribution is -0.122. The van der Waals surface area contributed by atoms with Crippen LogP contribution in [0.3, 0.4) is 0 Å². The molecule has 0 unspecified atom stereocenters. The van der Waals surface area contributed by atoms with Crippen molar-refractivity contribution in [2.24, 2.45) is 0 Å². The van der Waals surface area contributed by atoms with Crippen molar-refractivity contribution in [3.63, 3.8) is 0 Å². The topological polar surface area (TPSA) is 54.5 Å². The van der Waals surface area contributed by atoms with Gasteiger partial charge in [-0.2, -0.15) is 0 Å². The number of nitrogens with one attached hydrogen (secondary N) is 1. The monoisotopic (exact) mass is 397 g/mol. The highest BCUT2D eigenvalue weighted by atomic mass is 16.5. The van der Waals surface area contributed by atoms with E-state index in [-0.39, 0.29) is 17.6 Å². The van der Waals surface area contributed by atoms with E-state index in [9.17, 15) is 4.79 Å². The predicted molar refractivity (Wildman–Crippen MR) is 118 cm³/mol. The molecule has 2 aromatic rings. The Bertz CT molecular complexity index is 834. The van der Waals surface area contributed by atoms with Crippen molar-refractivity contribution in [3.05, 3.63) is 36.0 Å². The summed E-state index contributed by atoms with van der Waals surface area (Å²) in [6.07, 6.45) is 6.93. The van der Waals surface area contributed by atoms with Crippen molar-refractivity contribution < 1.29 is 9.53 Å². The molecule has 1 N–H and O–H groups in total. The number of carbonyl (C=O) groups excluding carboxylic acids is 1. The molecular formula is C24H35N3O2. The SMILES string of the molecule is CCCCc1cc(O[C@@H]2CCN(CC(C)(C)NC(=O)CC)C2)c2ncccc2c1. The molecule has 0 aliphatic carbocycles. The number of hydrogen-bond donors (Lipinski definition) is 1. The van der Waals surface area contributed by atoms with Gasteiger partial charge in [0.15, 0.2) is 0 Å². The molecule has 158 valence electrons. The molecule has 1 aliphatic rings. The number of ether oxygens (including phenoxy) is 1. The number of amides is 1. The van der Waals surface area contributed by atoms with Crippen LogP contribution in [0.25, 0.3) is 10.9 Å². The van der Waals surface area contributed by atoms with E-state index in [1.54, 1.807) is 0 Å². The number of likely N-dealkylation sites (tertiary alicyclic amines) is 1. The summed E-state index contributed by atoms with van der Waals surface area (Å²) < 4.78 is 6.46. The zero-order valence-corrected chi connectivity index (χ0v) is 18.3. The minimum atomic E-state index is -0.240. The molecule has 1 aromatic carbocycles. The lowest BCUT2D eigenvalue weighted by Crippen LogP contribution is -2.51. The summed E-state index contributed by atoms with van der Waals surface area (Å²) in [6.45, 7) is 11.0. The molecule has 1 atom stereocenters. The number of nitrogens with zero attached hydrogens (tertiary/aromatic N) is 2. The van der Waals surface area contributed by atoms with Crippen LogP contribution in [0, 0.1) is 0 Å². The molecule has 1 fully saturated rings. The van der Waals surface area contributed by atoms with Gasteiger partial charge in [0, 0.05) is 43.2 Å². The Hall–Kier alpha value is -2.14. The van der Waals surface area contributed by atoms with E-state index < -0.39 is 0 Å². The van der Waals surface area contributed by atoms with Gasteiger partial charge in [-0.3, -0.25) is 14.7 Å². The molecule has 1 amide bonds. The van der Waals surface area contributed by atoms with E-state index in [0.29, 0.717) is 6.42 Å². The van der Waals surface area contributed by atoms with Crippen LogP contribution in [0.5, 0.6) is 5.75 Å². The Kier molecular flexibility index (Phi) is 7.12. The van der Waals surface area contributed by atoms with Gasteiger partial charge in [0.2, 0.25) is 5.91 Å². The van der Waals surface area contributed by atoms with Gasteiger partial charge in [0.25, 0.3) is 0 Å². The number of aryl methyl sites for hydroxylation is 1. The summed E-state index contributed by atoms with van der Waals surface area (Å²) in [5.41, 5.74) is 2.03. The van der Waals surface area contributed by atoms with Crippen LogP contribution in [0.4, 0.5) is 0 Å². The quantitative estimate of drug-likeness (QED) is 0.684. The molecule has 0 radical (unpaired) electrons. The minimum Gasteiger partial charge on any atom is -0.487 e. The van der Waals surface area contributed by atoms with E-state index in [4.69, 9.17) is 4.74 Å². The van der Waals surface area contributed by atoms with Crippen molar-refractivity contribution in [3.8, 4) is 5.75 Å². The van der Waals surface area contributed by atoms with E-state index in [0.717, 1.165) is 49.1 Å². The van der Waals surface area contributed by atoms with Gasteiger partial charge in [-0.15, -0.1) is 0 Å². The third kappa shape index (κ3) is 5.92. The van der Waals surface area contributed by atoms with Gasteiger partial charge < -0.3 is 10.1 Å². The molecule has 1 aromatic heterocycles. The first-order valence-electron chi connectivity index (χ1n) is 11.0. The molecule has 0 bridgehead atoms. The summed E-state index contributed by atoms with van der Waals surface area (Å²) in [5.74, 6) is 1.00. The first-order valence-corrected chi connectivity index (χ1v) is 11.0. The zero-order chi connectivity index (χ0) is 20.9. The van der Waals surface area contributed by atoms with Crippen LogP contribution in [-0.4, -0.2) is 47.1 Å². The summed E-state index contributed by atoms with van der Waals surface area (Å²) in [5, 5.41) is 4.26. The Morgan fingerprint density at radius 1 is 1.34 bits per heavy atom. The van der Waals surface area contributed by atoms with Crippen molar-refractivity contribution in [2.45, 2.75) is 71.4 Å². The van der Waals surface area contributed by atoms with Crippen LogP contribution in [0.1, 0.15) is 58.9 Å². The average Bonchev–Trinajstić information content (AvgIpc) is 3.11. The number of unbranched alkanes of at least 4 members (excludes halogenated alkanes) is 1. The van der Waals surface area contributed by atoms with Crippen LogP contribution < -0.4 is 10.1 Å². The van der Waals surface area contributed by atoms with E-state index in [1.165, 1.54) is 18.4 Å². The third-order valence-electron chi connectivity index (χ3n) is 5.49. The smallest absolute Gasteiger partial charge is 0.220 e. The molecule has 5 nitrogen and oxygen atoms in total. The third-order valence-corrected chi connectivity index (χ3v) is 5.49. The predicted octanol–water partition coefficient (Wildman–Crippen LogP) is 4.34. The second-order valence-electron chi connectivity index (χ2n) is 8.82. The van der Waals surface area contributed by atoms with Crippen LogP contribution >= 0.6 is 0 Å². The van der Waals surface area contributed by atoms with Crippen molar-refractivity contribution in [1.29, 1.82) is 0 Å². The number of rotatable bonds is 9. The molecule has 2 heterocycles. The fourth-order valence-corrected chi connectivity index (χ4v) is 4.11. The van der Waals surface area contributed by atoms with Crippen molar-refractivity contribution in [2.75, 3.05) is 19.6 Å². The maximum atomic E-state index is 11.8. The molecule has 1 saturated heterocycles.